The Morgan fingerprint density at radius 3 is 2.64 bits per heavy atom. The molecule has 1 aliphatic heterocycles. The summed E-state index contributed by atoms with van der Waals surface area (Å²) in [6.07, 6.45) is 2.66. The van der Waals surface area contributed by atoms with Crippen LogP contribution in [0.25, 0.3) is 0 Å². The second-order valence-electron chi connectivity index (χ2n) is 8.13. The van der Waals surface area contributed by atoms with Crippen molar-refractivity contribution in [1.29, 1.82) is 0 Å². The van der Waals surface area contributed by atoms with Crippen molar-refractivity contribution in [3.8, 4) is 0 Å². The van der Waals surface area contributed by atoms with Crippen molar-refractivity contribution in [3.05, 3.63) is 53.8 Å². The molecule has 4 heteroatoms. The van der Waals surface area contributed by atoms with Crippen LogP contribution in [-0.4, -0.2) is 18.0 Å². The van der Waals surface area contributed by atoms with E-state index >= 15 is 0 Å². The molecule has 1 aromatic rings. The van der Waals surface area contributed by atoms with Gasteiger partial charge < -0.3 is 5.32 Å². The summed E-state index contributed by atoms with van der Waals surface area (Å²) in [6, 6.07) is 7.96. The first-order valence-electron chi connectivity index (χ1n) is 8.67. The first-order chi connectivity index (χ1) is 11.8. The molecule has 1 fully saturated rings. The van der Waals surface area contributed by atoms with Gasteiger partial charge in [0.2, 0.25) is 5.91 Å². The van der Waals surface area contributed by atoms with Gasteiger partial charge in [0.25, 0.3) is 0 Å². The number of nitrogens with zero attached hydrogens (tertiary/aromatic N) is 1. The maximum absolute atomic E-state index is 13.3. The monoisotopic (exact) mass is 354 g/mol. The number of benzene rings is 1. The van der Waals surface area contributed by atoms with E-state index in [4.69, 9.17) is 11.6 Å². The lowest BCUT2D eigenvalue weighted by Gasteiger charge is -2.65. The van der Waals surface area contributed by atoms with Crippen LogP contribution in [0.3, 0.4) is 0 Å². The van der Waals surface area contributed by atoms with Crippen molar-refractivity contribution >= 4 is 29.9 Å². The number of para-hydroxylation sites is 1. The summed E-state index contributed by atoms with van der Waals surface area (Å²) in [5, 5.41) is 2.97. The van der Waals surface area contributed by atoms with Crippen LogP contribution >= 0.6 is 11.6 Å². The lowest BCUT2D eigenvalue weighted by atomic mass is 9.37. The van der Waals surface area contributed by atoms with Crippen molar-refractivity contribution in [1.82, 2.24) is 0 Å². The summed E-state index contributed by atoms with van der Waals surface area (Å²) in [6.45, 7) is 14.2. The molecule has 3 nitrogen and oxygen atoms in total. The number of carbonyl (C=O) groups excluding carboxylic acids is 1. The minimum atomic E-state index is -0.702. The van der Waals surface area contributed by atoms with Gasteiger partial charge in [0.15, 0.2) is 0 Å². The molecular formula is C21H23ClN2O. The van der Waals surface area contributed by atoms with Crippen LogP contribution in [0.4, 0.5) is 5.69 Å². The number of fused-ring (bicyclic) bond motifs is 4. The topological polar surface area (TPSA) is 41.5 Å². The fourth-order valence-electron chi connectivity index (χ4n) is 5.44. The summed E-state index contributed by atoms with van der Waals surface area (Å²) in [5.74, 6) is 0.242. The van der Waals surface area contributed by atoms with E-state index in [0.717, 1.165) is 28.9 Å². The van der Waals surface area contributed by atoms with Gasteiger partial charge in [-0.2, -0.15) is 0 Å². The third-order valence-corrected chi connectivity index (χ3v) is 7.58. The van der Waals surface area contributed by atoms with Gasteiger partial charge in [-0.3, -0.25) is 9.79 Å². The van der Waals surface area contributed by atoms with Crippen LogP contribution in [0.1, 0.15) is 32.8 Å². The van der Waals surface area contributed by atoms with Gasteiger partial charge in [0, 0.05) is 16.5 Å². The molecule has 2 aliphatic carbocycles. The molecule has 130 valence electrons. The fourth-order valence-corrected chi connectivity index (χ4v) is 5.81. The number of anilines is 1. The Labute approximate surface area is 153 Å². The number of allylic oxidation sites excluding steroid dienone is 1. The third kappa shape index (κ3) is 1.59. The van der Waals surface area contributed by atoms with Gasteiger partial charge >= 0.3 is 0 Å². The molecule has 0 bridgehead atoms. The van der Waals surface area contributed by atoms with Crippen molar-refractivity contribution in [2.24, 2.45) is 21.7 Å². The van der Waals surface area contributed by atoms with E-state index < -0.39 is 10.8 Å². The number of carbonyl (C=O) groups is 1. The summed E-state index contributed by atoms with van der Waals surface area (Å²) < 4.78 is 0. The van der Waals surface area contributed by atoms with Crippen molar-refractivity contribution < 1.29 is 4.79 Å². The molecule has 25 heavy (non-hydrogen) atoms. The molecule has 4 rings (SSSR count). The molecule has 0 unspecified atom stereocenters. The highest BCUT2D eigenvalue weighted by atomic mass is 35.5. The second kappa shape index (κ2) is 4.85. The van der Waals surface area contributed by atoms with E-state index in [9.17, 15) is 4.79 Å². The summed E-state index contributed by atoms with van der Waals surface area (Å²) >= 11 is 6.76. The van der Waals surface area contributed by atoms with Crippen LogP contribution in [0.15, 0.2) is 53.2 Å². The molecule has 0 saturated heterocycles. The zero-order chi connectivity index (χ0) is 18.2. The maximum Gasteiger partial charge on any atom is 0.239 e. The van der Waals surface area contributed by atoms with E-state index in [0.29, 0.717) is 0 Å². The molecule has 0 radical (unpaired) electrons. The van der Waals surface area contributed by atoms with Gasteiger partial charge in [-0.25, -0.2) is 0 Å². The number of hydrogen-bond donors (Lipinski definition) is 1. The highest BCUT2D eigenvalue weighted by Crippen LogP contribution is 2.73. The van der Waals surface area contributed by atoms with E-state index in [2.05, 4.69) is 43.5 Å². The van der Waals surface area contributed by atoms with E-state index in [1.807, 2.05) is 31.2 Å². The minimum Gasteiger partial charge on any atom is -0.325 e. The molecule has 3 aliphatic rings. The minimum absolute atomic E-state index is 0.0329. The zero-order valence-electron chi connectivity index (χ0n) is 14.9. The van der Waals surface area contributed by atoms with E-state index in [1.165, 1.54) is 0 Å². The van der Waals surface area contributed by atoms with Gasteiger partial charge in [-0.1, -0.05) is 38.1 Å². The molecule has 0 aromatic heterocycles. The first-order valence-corrected chi connectivity index (χ1v) is 9.11. The fraction of sp³-hybridized carbons (Fsp3) is 0.429. The predicted molar refractivity (Wildman–Crippen MR) is 103 cm³/mol. The Morgan fingerprint density at radius 2 is 2.00 bits per heavy atom. The molecule has 1 saturated carbocycles. The molecule has 1 amide bonds. The lowest BCUT2D eigenvalue weighted by Crippen LogP contribution is -2.67. The number of alkyl halides is 1. The number of amides is 1. The predicted octanol–water partition coefficient (Wildman–Crippen LogP) is 4.69. The van der Waals surface area contributed by atoms with Gasteiger partial charge in [0.05, 0.1) is 5.70 Å². The second-order valence-corrected chi connectivity index (χ2v) is 8.66. The van der Waals surface area contributed by atoms with Crippen LogP contribution in [-0.2, 0) is 10.2 Å². The van der Waals surface area contributed by atoms with Crippen LogP contribution in [0.5, 0.6) is 0 Å². The Hall–Kier alpha value is -1.87. The smallest absolute Gasteiger partial charge is 0.239 e. The van der Waals surface area contributed by atoms with Crippen LogP contribution in [0.2, 0.25) is 0 Å². The van der Waals surface area contributed by atoms with E-state index in [-0.39, 0.29) is 22.6 Å². The third-order valence-electron chi connectivity index (χ3n) is 6.95. The summed E-state index contributed by atoms with van der Waals surface area (Å²) in [5.41, 5.74) is 2.40. The number of rotatable bonds is 2. The van der Waals surface area contributed by atoms with Crippen LogP contribution in [0, 0.1) is 16.7 Å². The molecule has 1 N–H and O–H groups in total. The zero-order valence-corrected chi connectivity index (χ0v) is 15.7. The average Bonchev–Trinajstić information content (AvgIpc) is 2.91. The Morgan fingerprint density at radius 1 is 1.32 bits per heavy atom. The standard InChI is InChI=1S/C21H23ClN2O/c1-6-20(4)15(22)11-13-16(17(20)23-5)21(19(13,2)3)12-9-7-8-10-14(12)24-18(21)25/h6-10,13,15H,1,5,11H2,2-4H3,(H,24,25)/t13-,15+,20+,21+/m0/s1. The number of halogens is 1. The maximum atomic E-state index is 13.3. The molecule has 1 heterocycles. The lowest BCUT2D eigenvalue weighted by molar-refractivity contribution is -0.131. The highest BCUT2D eigenvalue weighted by Gasteiger charge is 2.74. The Kier molecular flexibility index (Phi) is 3.22. The van der Waals surface area contributed by atoms with Crippen molar-refractivity contribution in [3.63, 3.8) is 0 Å². The Balaban J connectivity index is 2.08. The normalized spacial score (nSPS) is 37.8. The number of hydrogen-bond acceptors (Lipinski definition) is 2. The summed E-state index contributed by atoms with van der Waals surface area (Å²) in [4.78, 5) is 17.7. The van der Waals surface area contributed by atoms with E-state index in [1.54, 1.807) is 0 Å². The summed E-state index contributed by atoms with van der Waals surface area (Å²) in [7, 11) is 0. The van der Waals surface area contributed by atoms with Crippen molar-refractivity contribution in [2.45, 2.75) is 38.0 Å². The molecule has 1 aromatic carbocycles. The molecular weight excluding hydrogens is 332 g/mol. The molecule has 4 atom stereocenters. The van der Waals surface area contributed by atoms with Gasteiger partial charge in [-0.05, 0) is 48.6 Å². The quantitative estimate of drug-likeness (QED) is 0.467. The van der Waals surface area contributed by atoms with Gasteiger partial charge in [-0.15, -0.1) is 18.2 Å². The Bertz CT molecular complexity index is 855. The SMILES string of the molecule is C=C[C@@]1(C)C(N=C)=C2[C@H](C[C@H]1Cl)C(C)(C)[C@@]21C(=O)Nc2ccccc21. The van der Waals surface area contributed by atoms with Crippen LogP contribution < -0.4 is 5.32 Å². The van der Waals surface area contributed by atoms with Gasteiger partial charge in [0.1, 0.15) is 5.41 Å². The number of nitrogens with one attached hydrogen (secondary N) is 1. The molecule has 1 spiro atoms. The first kappa shape index (κ1) is 16.6. The largest absolute Gasteiger partial charge is 0.325 e. The number of aliphatic imine (C=N–C) groups is 1. The van der Waals surface area contributed by atoms with Crippen molar-refractivity contribution in [2.75, 3.05) is 5.32 Å². The highest BCUT2D eigenvalue weighted by molar-refractivity contribution is 6.22. The average molecular weight is 355 g/mol.